The van der Waals surface area contributed by atoms with E-state index in [4.69, 9.17) is 9.47 Å². The van der Waals surface area contributed by atoms with Gasteiger partial charge >= 0.3 is 0 Å². The Kier molecular flexibility index (Phi) is 7.10. The minimum Gasteiger partial charge on any atom is -0.454 e. The highest BCUT2D eigenvalue weighted by Crippen LogP contribution is 2.40. The summed E-state index contributed by atoms with van der Waals surface area (Å²) in [6.07, 6.45) is 0.964. The summed E-state index contributed by atoms with van der Waals surface area (Å²) < 4.78 is 11.6. The number of halogens is 1. The number of anilines is 1. The summed E-state index contributed by atoms with van der Waals surface area (Å²) in [4.78, 5) is 45.6. The van der Waals surface area contributed by atoms with Gasteiger partial charge < -0.3 is 29.5 Å². The summed E-state index contributed by atoms with van der Waals surface area (Å²) in [6.45, 7) is 1.67. The fourth-order valence-corrected chi connectivity index (χ4v) is 6.09. The molecule has 1 spiro atoms. The van der Waals surface area contributed by atoms with Gasteiger partial charge in [0.25, 0.3) is 11.8 Å². The van der Waals surface area contributed by atoms with Crippen molar-refractivity contribution in [2.75, 3.05) is 38.0 Å². The van der Waals surface area contributed by atoms with Crippen LogP contribution in [0.1, 0.15) is 28.8 Å². The number of hydrogen-bond donors (Lipinski definition) is 1. The van der Waals surface area contributed by atoms with E-state index >= 15 is 0 Å². The SMILES string of the molecule is O=C(CN1CN(c2ccccc2)C2(CCN(C(=O)c3cccc(Br)c3)CC2)C1=O)NCc1ccc2c(c1)OCO2. The highest BCUT2D eigenvalue weighted by atomic mass is 79.9. The zero-order valence-electron chi connectivity index (χ0n) is 21.8. The number of piperidine rings is 1. The van der Waals surface area contributed by atoms with Gasteiger partial charge in [-0.05, 0) is 60.9 Å². The first kappa shape index (κ1) is 26.2. The molecular weight excluding hydrogens is 576 g/mol. The third kappa shape index (κ3) is 4.99. The molecule has 0 aliphatic carbocycles. The van der Waals surface area contributed by atoms with Crippen molar-refractivity contribution in [3.63, 3.8) is 0 Å². The molecule has 3 amide bonds. The van der Waals surface area contributed by atoms with Gasteiger partial charge in [0.1, 0.15) is 12.1 Å². The molecule has 0 aromatic heterocycles. The average molecular weight is 605 g/mol. The van der Waals surface area contributed by atoms with Crippen molar-refractivity contribution in [3.8, 4) is 11.5 Å². The van der Waals surface area contributed by atoms with Gasteiger partial charge in [-0.2, -0.15) is 0 Å². The minimum atomic E-state index is -0.812. The van der Waals surface area contributed by atoms with Crippen molar-refractivity contribution in [1.82, 2.24) is 15.1 Å². The Labute approximate surface area is 240 Å². The third-order valence-electron chi connectivity index (χ3n) is 7.79. The Morgan fingerprint density at radius 2 is 1.70 bits per heavy atom. The van der Waals surface area contributed by atoms with Crippen LogP contribution in [0.5, 0.6) is 11.5 Å². The number of nitrogens with one attached hydrogen (secondary N) is 1. The Hall–Kier alpha value is -4.05. The van der Waals surface area contributed by atoms with Crippen LogP contribution < -0.4 is 19.7 Å². The number of nitrogens with zero attached hydrogens (tertiary/aromatic N) is 3. The van der Waals surface area contributed by atoms with Gasteiger partial charge in [-0.3, -0.25) is 14.4 Å². The molecule has 0 atom stereocenters. The van der Waals surface area contributed by atoms with Gasteiger partial charge in [0.2, 0.25) is 12.7 Å². The second-order valence-electron chi connectivity index (χ2n) is 10.2. The van der Waals surface area contributed by atoms with Crippen LogP contribution in [0.4, 0.5) is 5.69 Å². The number of benzene rings is 3. The fourth-order valence-electron chi connectivity index (χ4n) is 5.69. The molecule has 0 bridgehead atoms. The molecule has 9 nitrogen and oxygen atoms in total. The lowest BCUT2D eigenvalue weighted by molar-refractivity contribution is -0.137. The molecule has 3 aliphatic heterocycles. The molecule has 3 heterocycles. The van der Waals surface area contributed by atoms with E-state index in [1.54, 1.807) is 11.0 Å². The van der Waals surface area contributed by atoms with E-state index in [0.29, 0.717) is 56.2 Å². The largest absolute Gasteiger partial charge is 0.454 e. The lowest BCUT2D eigenvalue weighted by Crippen LogP contribution is -2.57. The highest BCUT2D eigenvalue weighted by molar-refractivity contribution is 9.10. The third-order valence-corrected chi connectivity index (χ3v) is 8.29. The number of fused-ring (bicyclic) bond motifs is 1. The maximum Gasteiger partial charge on any atom is 0.253 e. The van der Waals surface area contributed by atoms with Crippen molar-refractivity contribution in [1.29, 1.82) is 0 Å². The monoisotopic (exact) mass is 604 g/mol. The summed E-state index contributed by atoms with van der Waals surface area (Å²) in [7, 11) is 0. The number of carbonyl (C=O) groups excluding carboxylic acids is 3. The number of rotatable bonds is 6. The normalized spacial score (nSPS) is 17.4. The topological polar surface area (TPSA) is 91.4 Å². The molecular formula is C30H29BrN4O5. The highest BCUT2D eigenvalue weighted by Gasteiger charge is 2.54. The van der Waals surface area contributed by atoms with Gasteiger partial charge in [0, 0.05) is 35.4 Å². The molecule has 0 radical (unpaired) electrons. The van der Waals surface area contributed by atoms with Crippen LogP contribution in [-0.4, -0.2) is 66.2 Å². The Morgan fingerprint density at radius 3 is 2.48 bits per heavy atom. The molecule has 1 N–H and O–H groups in total. The van der Waals surface area contributed by atoms with E-state index < -0.39 is 5.54 Å². The molecule has 3 aliphatic rings. The van der Waals surface area contributed by atoms with E-state index in [9.17, 15) is 14.4 Å². The first-order valence-electron chi connectivity index (χ1n) is 13.3. The number of hydrogen-bond acceptors (Lipinski definition) is 6. The van der Waals surface area contributed by atoms with Crippen LogP contribution in [0.3, 0.4) is 0 Å². The van der Waals surface area contributed by atoms with Gasteiger partial charge in [0.05, 0.1) is 6.67 Å². The molecule has 40 heavy (non-hydrogen) atoms. The fraction of sp³-hybridized carbons (Fsp3) is 0.300. The zero-order valence-corrected chi connectivity index (χ0v) is 23.4. The van der Waals surface area contributed by atoms with Crippen LogP contribution in [0.2, 0.25) is 0 Å². The molecule has 0 unspecified atom stereocenters. The Bertz CT molecular complexity index is 1440. The van der Waals surface area contributed by atoms with E-state index in [2.05, 4.69) is 26.1 Å². The maximum absolute atomic E-state index is 14.0. The zero-order chi connectivity index (χ0) is 27.7. The van der Waals surface area contributed by atoms with Crippen molar-refractivity contribution in [2.45, 2.75) is 24.9 Å². The van der Waals surface area contributed by atoms with Crippen LogP contribution in [0.25, 0.3) is 0 Å². The van der Waals surface area contributed by atoms with Crippen molar-refractivity contribution in [2.24, 2.45) is 0 Å². The van der Waals surface area contributed by atoms with Crippen molar-refractivity contribution in [3.05, 3.63) is 88.4 Å². The van der Waals surface area contributed by atoms with E-state index in [1.165, 1.54) is 0 Å². The van der Waals surface area contributed by atoms with Gasteiger partial charge in [0.15, 0.2) is 11.5 Å². The second-order valence-corrected chi connectivity index (χ2v) is 11.1. The molecule has 6 rings (SSSR count). The first-order valence-corrected chi connectivity index (χ1v) is 14.0. The minimum absolute atomic E-state index is 0.0465. The molecule has 2 saturated heterocycles. The van der Waals surface area contributed by atoms with Crippen LogP contribution in [-0.2, 0) is 16.1 Å². The molecule has 206 valence electrons. The summed E-state index contributed by atoms with van der Waals surface area (Å²) in [6, 6.07) is 22.7. The number of amides is 3. The predicted octanol–water partition coefficient (Wildman–Crippen LogP) is 3.78. The van der Waals surface area contributed by atoms with Gasteiger partial charge in [-0.1, -0.05) is 46.3 Å². The predicted molar refractivity (Wildman–Crippen MR) is 152 cm³/mol. The number of likely N-dealkylation sites (tertiary alicyclic amines) is 1. The van der Waals surface area contributed by atoms with Crippen LogP contribution in [0, 0.1) is 0 Å². The smallest absolute Gasteiger partial charge is 0.253 e. The number of para-hydroxylation sites is 1. The Morgan fingerprint density at radius 1 is 0.925 bits per heavy atom. The average Bonchev–Trinajstić information content (AvgIpc) is 3.55. The van der Waals surface area contributed by atoms with Gasteiger partial charge in [-0.25, -0.2) is 0 Å². The van der Waals surface area contributed by atoms with Gasteiger partial charge in [-0.15, -0.1) is 0 Å². The van der Waals surface area contributed by atoms with E-state index in [0.717, 1.165) is 15.7 Å². The summed E-state index contributed by atoms with van der Waals surface area (Å²) in [5, 5.41) is 2.92. The van der Waals surface area contributed by atoms with E-state index in [1.807, 2.05) is 71.6 Å². The lowest BCUT2D eigenvalue weighted by Gasteiger charge is -2.43. The molecule has 0 saturated carbocycles. The standard InChI is InChI=1S/C30H29BrN4O5/c31-23-6-4-5-22(16-23)28(37)33-13-11-30(12-14-33)29(38)34(19-35(30)24-7-2-1-3-8-24)18-27(36)32-17-21-9-10-25-26(15-21)40-20-39-25/h1-10,15-16H,11-14,17-20H2,(H,32,36). The van der Waals surface area contributed by atoms with Crippen LogP contribution >= 0.6 is 15.9 Å². The molecule has 2 fully saturated rings. The molecule has 3 aromatic rings. The summed E-state index contributed by atoms with van der Waals surface area (Å²) >= 11 is 3.44. The number of carbonyl (C=O) groups is 3. The van der Waals surface area contributed by atoms with Crippen molar-refractivity contribution < 1.29 is 23.9 Å². The second kappa shape index (κ2) is 10.8. The molecule has 3 aromatic carbocycles. The quantitative estimate of drug-likeness (QED) is 0.460. The van der Waals surface area contributed by atoms with Crippen LogP contribution in [0.15, 0.2) is 77.3 Å². The van der Waals surface area contributed by atoms with Crippen molar-refractivity contribution >= 4 is 39.3 Å². The lowest BCUT2D eigenvalue weighted by atomic mass is 9.85. The van der Waals surface area contributed by atoms with E-state index in [-0.39, 0.29) is 31.1 Å². The molecule has 10 heteroatoms. The summed E-state index contributed by atoms with van der Waals surface area (Å²) in [5.74, 6) is 0.982. The maximum atomic E-state index is 14.0. The number of ether oxygens (including phenoxy) is 2. The summed E-state index contributed by atoms with van der Waals surface area (Å²) in [5.41, 5.74) is 1.61. The Balaban J connectivity index is 1.15. The first-order chi connectivity index (χ1) is 19.4.